The van der Waals surface area contributed by atoms with Gasteiger partial charge >= 0.3 is 11.4 Å². The van der Waals surface area contributed by atoms with Crippen LogP contribution in [0.3, 0.4) is 0 Å². The van der Waals surface area contributed by atoms with Gasteiger partial charge in [0.05, 0.1) is 22.5 Å². The number of aryl methyl sites for hydroxylation is 1. The van der Waals surface area contributed by atoms with Gasteiger partial charge in [-0.15, -0.1) is 0 Å². The number of rotatable bonds is 5. The largest absolute Gasteiger partial charge is 0.338 e. The maximum Gasteiger partial charge on any atom is 0.326 e. The van der Waals surface area contributed by atoms with Crippen LogP contribution in [0, 0.1) is 24.0 Å². The Bertz CT molecular complexity index is 1470. The van der Waals surface area contributed by atoms with Crippen LogP contribution in [0.2, 0.25) is 0 Å². The van der Waals surface area contributed by atoms with Crippen molar-refractivity contribution >= 4 is 22.6 Å². The Morgan fingerprint density at radius 3 is 2.46 bits per heavy atom. The lowest BCUT2D eigenvalue weighted by Gasteiger charge is -2.32. The third-order valence-electron chi connectivity index (χ3n) is 6.80. The zero-order valence-corrected chi connectivity index (χ0v) is 19.6. The molecule has 0 saturated carbocycles. The van der Waals surface area contributed by atoms with Crippen LogP contribution in [0.1, 0.15) is 46.2 Å². The molecule has 4 aromatic rings. The zero-order valence-electron chi connectivity index (χ0n) is 19.6. The summed E-state index contributed by atoms with van der Waals surface area (Å²) < 4.78 is 3.43. The Labute approximate surface area is 200 Å². The van der Waals surface area contributed by atoms with Gasteiger partial charge in [0.25, 0.3) is 5.91 Å². The number of fused-ring (bicyclic) bond motifs is 1. The van der Waals surface area contributed by atoms with Crippen molar-refractivity contribution in [3.63, 3.8) is 0 Å². The number of para-hydroxylation sites is 2. The molecule has 1 fully saturated rings. The number of aromatic nitrogens is 4. The van der Waals surface area contributed by atoms with Crippen molar-refractivity contribution < 1.29 is 9.72 Å². The average Bonchev–Trinajstić information content (AvgIpc) is 3.33. The molecular formula is C25H26N6O4. The second-order valence-corrected chi connectivity index (χ2v) is 8.97. The van der Waals surface area contributed by atoms with Gasteiger partial charge in [-0.2, -0.15) is 5.10 Å². The second-order valence-electron chi connectivity index (χ2n) is 8.97. The molecule has 1 amide bonds. The van der Waals surface area contributed by atoms with Crippen molar-refractivity contribution in [2.24, 2.45) is 0 Å². The maximum absolute atomic E-state index is 13.1. The topological polar surface area (TPSA) is 119 Å². The number of carbonyl (C=O) groups excluding carboxylic acids is 1. The molecule has 0 bridgehead atoms. The van der Waals surface area contributed by atoms with Crippen molar-refractivity contribution in [2.45, 2.75) is 39.3 Å². The number of likely N-dealkylation sites (tertiary alicyclic amines) is 1. The monoisotopic (exact) mass is 474 g/mol. The molecule has 0 spiro atoms. The number of hydrogen-bond donors (Lipinski definition) is 1. The number of hydrogen-bond acceptors (Lipinski definition) is 5. The molecule has 2 aromatic carbocycles. The van der Waals surface area contributed by atoms with Gasteiger partial charge in [-0.3, -0.25) is 24.2 Å². The number of H-pyrrole nitrogens is 1. The SMILES string of the molecule is Cc1nn(Cc2ccc(C(=O)N3CCC(n4c(=O)[nH]c5ccccc54)CC3)cc2)c(C)c1[N+](=O)[O-]. The number of benzene rings is 2. The van der Waals surface area contributed by atoms with Gasteiger partial charge in [-0.05, 0) is 56.5 Å². The van der Waals surface area contributed by atoms with Gasteiger partial charge in [0.1, 0.15) is 11.4 Å². The van der Waals surface area contributed by atoms with Crippen LogP contribution >= 0.6 is 0 Å². The Balaban J connectivity index is 1.25. The molecule has 0 radical (unpaired) electrons. The Morgan fingerprint density at radius 1 is 1.11 bits per heavy atom. The fourth-order valence-electron chi connectivity index (χ4n) is 4.98. The first-order valence-corrected chi connectivity index (χ1v) is 11.6. The lowest BCUT2D eigenvalue weighted by Crippen LogP contribution is -2.40. The molecule has 10 heteroatoms. The molecule has 35 heavy (non-hydrogen) atoms. The number of aromatic amines is 1. The molecule has 0 aliphatic carbocycles. The summed E-state index contributed by atoms with van der Waals surface area (Å²) in [7, 11) is 0. The quantitative estimate of drug-likeness (QED) is 0.350. The molecule has 2 aromatic heterocycles. The summed E-state index contributed by atoms with van der Waals surface area (Å²) in [6, 6.07) is 15.0. The standard InChI is InChI=1S/C25H26N6O4/c1-16-23(31(34)35)17(2)29(27-16)15-18-7-9-19(10-8-18)24(32)28-13-11-20(12-14-28)30-22-6-4-3-5-21(22)26-25(30)33/h3-10,20H,11-15H2,1-2H3,(H,26,33). The van der Waals surface area contributed by atoms with Crippen LogP contribution in [0.25, 0.3) is 11.0 Å². The van der Waals surface area contributed by atoms with Crippen molar-refractivity contribution in [3.05, 3.63) is 91.6 Å². The first-order chi connectivity index (χ1) is 16.8. The molecule has 1 saturated heterocycles. The van der Waals surface area contributed by atoms with Crippen molar-refractivity contribution in [3.8, 4) is 0 Å². The van der Waals surface area contributed by atoms with E-state index in [1.165, 1.54) is 0 Å². The van der Waals surface area contributed by atoms with E-state index in [0.29, 0.717) is 49.4 Å². The van der Waals surface area contributed by atoms with Crippen molar-refractivity contribution in [1.82, 2.24) is 24.2 Å². The third kappa shape index (κ3) is 4.11. The normalized spacial score (nSPS) is 14.5. The van der Waals surface area contributed by atoms with E-state index < -0.39 is 4.92 Å². The molecule has 0 atom stereocenters. The molecule has 180 valence electrons. The van der Waals surface area contributed by atoms with Crippen LogP contribution in [0.5, 0.6) is 0 Å². The van der Waals surface area contributed by atoms with Crippen LogP contribution in [0.4, 0.5) is 5.69 Å². The van der Waals surface area contributed by atoms with E-state index in [9.17, 15) is 19.7 Å². The highest BCUT2D eigenvalue weighted by Gasteiger charge is 2.27. The Morgan fingerprint density at radius 2 is 1.80 bits per heavy atom. The number of nitrogens with one attached hydrogen (secondary N) is 1. The minimum absolute atomic E-state index is 0.0371. The highest BCUT2D eigenvalue weighted by molar-refractivity contribution is 5.94. The highest BCUT2D eigenvalue weighted by atomic mass is 16.6. The van der Waals surface area contributed by atoms with Crippen LogP contribution in [-0.4, -0.2) is 48.2 Å². The number of nitro groups is 1. The lowest BCUT2D eigenvalue weighted by molar-refractivity contribution is -0.386. The molecule has 1 aliphatic heterocycles. The van der Waals surface area contributed by atoms with E-state index in [2.05, 4.69) is 10.1 Å². The predicted molar refractivity (Wildman–Crippen MR) is 131 cm³/mol. The van der Waals surface area contributed by atoms with Gasteiger partial charge in [-0.1, -0.05) is 24.3 Å². The molecule has 0 unspecified atom stereocenters. The molecule has 10 nitrogen and oxygen atoms in total. The molecule has 1 N–H and O–H groups in total. The maximum atomic E-state index is 13.1. The van der Waals surface area contributed by atoms with E-state index in [0.717, 1.165) is 16.6 Å². The van der Waals surface area contributed by atoms with Gasteiger partial charge in [-0.25, -0.2) is 4.79 Å². The average molecular weight is 475 g/mol. The molecule has 1 aliphatic rings. The molecule has 5 rings (SSSR count). The first-order valence-electron chi connectivity index (χ1n) is 11.6. The molecule has 3 heterocycles. The molecular weight excluding hydrogens is 448 g/mol. The lowest BCUT2D eigenvalue weighted by atomic mass is 10.0. The number of carbonyl (C=O) groups is 1. The van der Waals surface area contributed by atoms with E-state index in [4.69, 9.17) is 0 Å². The van der Waals surface area contributed by atoms with Gasteiger partial charge in [0.2, 0.25) is 0 Å². The Hall–Kier alpha value is -4.21. The predicted octanol–water partition coefficient (Wildman–Crippen LogP) is 3.58. The zero-order chi connectivity index (χ0) is 24.7. The van der Waals surface area contributed by atoms with Gasteiger partial charge in [0.15, 0.2) is 0 Å². The van der Waals surface area contributed by atoms with E-state index >= 15 is 0 Å². The summed E-state index contributed by atoms with van der Waals surface area (Å²) in [5, 5.41) is 15.5. The second kappa shape index (κ2) is 8.86. The van der Waals surface area contributed by atoms with Crippen molar-refractivity contribution in [2.75, 3.05) is 13.1 Å². The minimum Gasteiger partial charge on any atom is -0.338 e. The third-order valence-corrected chi connectivity index (χ3v) is 6.80. The number of amides is 1. The fraction of sp³-hybridized carbons (Fsp3) is 0.320. The first kappa shape index (κ1) is 22.6. The van der Waals surface area contributed by atoms with Crippen LogP contribution in [0.15, 0.2) is 53.3 Å². The number of piperidine rings is 1. The summed E-state index contributed by atoms with van der Waals surface area (Å²) in [5.41, 5.74) is 4.03. The van der Waals surface area contributed by atoms with E-state index in [1.807, 2.05) is 45.9 Å². The minimum atomic E-state index is -0.409. The van der Waals surface area contributed by atoms with Crippen LogP contribution < -0.4 is 5.69 Å². The van der Waals surface area contributed by atoms with Crippen molar-refractivity contribution in [1.29, 1.82) is 0 Å². The Kier molecular flexibility index (Phi) is 5.72. The summed E-state index contributed by atoms with van der Waals surface area (Å²) >= 11 is 0. The summed E-state index contributed by atoms with van der Waals surface area (Å²) in [5.74, 6) is -0.0389. The summed E-state index contributed by atoms with van der Waals surface area (Å²) in [6.45, 7) is 4.85. The number of imidazole rings is 1. The summed E-state index contributed by atoms with van der Waals surface area (Å²) in [6.07, 6.45) is 1.42. The van der Waals surface area contributed by atoms with Gasteiger partial charge in [0, 0.05) is 24.7 Å². The van der Waals surface area contributed by atoms with Crippen LogP contribution in [-0.2, 0) is 6.54 Å². The number of nitrogens with zero attached hydrogens (tertiary/aromatic N) is 5. The summed E-state index contributed by atoms with van der Waals surface area (Å²) in [4.78, 5) is 41.1. The highest BCUT2D eigenvalue weighted by Crippen LogP contribution is 2.26. The smallest absolute Gasteiger partial charge is 0.326 e. The van der Waals surface area contributed by atoms with Gasteiger partial charge < -0.3 is 9.88 Å². The fourth-order valence-corrected chi connectivity index (χ4v) is 4.98. The van der Waals surface area contributed by atoms with E-state index in [1.54, 1.807) is 30.7 Å². The van der Waals surface area contributed by atoms with E-state index in [-0.39, 0.29) is 23.3 Å².